The first-order chi connectivity index (χ1) is 9.71. The summed E-state index contributed by atoms with van der Waals surface area (Å²) in [5, 5.41) is 9.74. The summed E-state index contributed by atoms with van der Waals surface area (Å²) in [6.45, 7) is 0.730. The molecular formula is C15H16ClNO2S. The Morgan fingerprint density at radius 1 is 1.50 bits per heavy atom. The minimum atomic E-state index is -0.0149. The number of ether oxygens (including phenoxy) is 2. The average molecular weight is 310 g/mol. The lowest BCUT2D eigenvalue weighted by Gasteiger charge is -2.37. The van der Waals surface area contributed by atoms with E-state index in [1.807, 2.05) is 11.8 Å². The number of hydrogen-bond donors (Lipinski definition) is 0. The summed E-state index contributed by atoms with van der Waals surface area (Å²) in [7, 11) is 0. The Hall–Kier alpha value is -0.890. The number of nitrogens with zero attached hydrogens (tertiary/aromatic N) is 1. The van der Waals surface area contributed by atoms with E-state index in [0.717, 1.165) is 37.4 Å². The minimum Gasteiger partial charge on any atom is -0.489 e. The largest absolute Gasteiger partial charge is 0.489 e. The molecule has 1 spiro atoms. The van der Waals surface area contributed by atoms with Gasteiger partial charge in [0, 0.05) is 29.7 Å². The predicted molar refractivity (Wildman–Crippen MR) is 80.4 cm³/mol. The van der Waals surface area contributed by atoms with Crippen molar-refractivity contribution in [2.24, 2.45) is 0 Å². The Morgan fingerprint density at radius 2 is 2.40 bits per heavy atom. The third-order valence-corrected chi connectivity index (χ3v) is 5.33. The molecular weight excluding hydrogens is 294 g/mol. The van der Waals surface area contributed by atoms with Gasteiger partial charge < -0.3 is 9.47 Å². The third-order valence-electron chi connectivity index (χ3n) is 3.87. The van der Waals surface area contributed by atoms with Crippen LogP contribution in [0.15, 0.2) is 18.2 Å². The minimum absolute atomic E-state index is 0.0149. The Morgan fingerprint density at radius 3 is 3.15 bits per heavy atom. The summed E-state index contributed by atoms with van der Waals surface area (Å²) in [4.78, 5) is 0. The highest BCUT2D eigenvalue weighted by Crippen LogP contribution is 2.39. The van der Waals surface area contributed by atoms with Gasteiger partial charge in [-0.15, -0.1) is 0 Å². The van der Waals surface area contributed by atoms with Crippen LogP contribution in [0.5, 0.6) is 5.75 Å². The van der Waals surface area contributed by atoms with E-state index in [-0.39, 0.29) is 11.7 Å². The van der Waals surface area contributed by atoms with Crippen molar-refractivity contribution < 1.29 is 9.47 Å². The van der Waals surface area contributed by atoms with Crippen molar-refractivity contribution in [3.63, 3.8) is 0 Å². The Kier molecular flexibility index (Phi) is 4.11. The molecule has 3 nitrogen and oxygen atoms in total. The molecule has 2 heterocycles. The van der Waals surface area contributed by atoms with Crippen LogP contribution in [0.1, 0.15) is 24.8 Å². The summed E-state index contributed by atoms with van der Waals surface area (Å²) in [5.41, 5.74) is 0.523. The molecule has 2 atom stereocenters. The van der Waals surface area contributed by atoms with E-state index in [2.05, 4.69) is 6.07 Å². The quantitative estimate of drug-likeness (QED) is 0.836. The lowest BCUT2D eigenvalue weighted by molar-refractivity contribution is -0.0959. The van der Waals surface area contributed by atoms with Crippen molar-refractivity contribution in [3.05, 3.63) is 28.8 Å². The number of thioether (sulfide) groups is 1. The van der Waals surface area contributed by atoms with E-state index in [1.165, 1.54) is 0 Å². The van der Waals surface area contributed by atoms with E-state index >= 15 is 0 Å². The summed E-state index contributed by atoms with van der Waals surface area (Å²) >= 11 is 7.94. The van der Waals surface area contributed by atoms with Crippen LogP contribution in [0.25, 0.3) is 0 Å². The van der Waals surface area contributed by atoms with Gasteiger partial charge in [-0.05, 0) is 24.3 Å². The van der Waals surface area contributed by atoms with E-state index in [0.29, 0.717) is 16.3 Å². The second-order valence-electron chi connectivity index (χ2n) is 5.32. The fourth-order valence-electron chi connectivity index (χ4n) is 2.81. The molecule has 0 bridgehead atoms. The van der Waals surface area contributed by atoms with Crippen LogP contribution in [0.2, 0.25) is 5.02 Å². The van der Waals surface area contributed by atoms with Crippen molar-refractivity contribution in [2.45, 2.75) is 31.0 Å². The van der Waals surface area contributed by atoms with Gasteiger partial charge in [-0.2, -0.15) is 17.0 Å². The topological polar surface area (TPSA) is 42.2 Å². The fraction of sp³-hybridized carbons (Fsp3) is 0.533. The standard InChI is InChI=1S/C15H16ClNO2S/c16-12-2-1-11(9-17)14(7-12)19-13-3-5-18-15(8-13)4-6-20-10-15/h1-2,7,13H,3-6,8,10H2. The van der Waals surface area contributed by atoms with Crippen LogP contribution in [0.4, 0.5) is 0 Å². The zero-order chi connectivity index (χ0) is 14.0. The molecule has 0 aromatic heterocycles. The first-order valence-electron chi connectivity index (χ1n) is 6.79. The van der Waals surface area contributed by atoms with Gasteiger partial charge in [0.15, 0.2) is 0 Å². The molecule has 2 saturated heterocycles. The molecule has 3 rings (SSSR count). The number of halogens is 1. The van der Waals surface area contributed by atoms with Gasteiger partial charge in [-0.1, -0.05) is 11.6 Å². The van der Waals surface area contributed by atoms with Crippen LogP contribution in [0, 0.1) is 11.3 Å². The molecule has 0 radical (unpaired) electrons. The number of hydrogen-bond acceptors (Lipinski definition) is 4. The molecule has 106 valence electrons. The summed E-state index contributed by atoms with van der Waals surface area (Å²) in [6.07, 6.45) is 2.97. The molecule has 2 aliphatic heterocycles. The fourth-order valence-corrected chi connectivity index (χ4v) is 4.35. The maximum atomic E-state index is 9.14. The van der Waals surface area contributed by atoms with Crippen LogP contribution >= 0.6 is 23.4 Å². The van der Waals surface area contributed by atoms with Gasteiger partial charge >= 0.3 is 0 Å². The number of nitriles is 1. The van der Waals surface area contributed by atoms with Crippen molar-refractivity contribution in [1.29, 1.82) is 5.26 Å². The molecule has 20 heavy (non-hydrogen) atoms. The molecule has 2 fully saturated rings. The van der Waals surface area contributed by atoms with Crippen molar-refractivity contribution in [3.8, 4) is 11.8 Å². The van der Waals surface area contributed by atoms with E-state index in [4.69, 9.17) is 26.3 Å². The van der Waals surface area contributed by atoms with Gasteiger partial charge in [-0.3, -0.25) is 0 Å². The monoisotopic (exact) mass is 309 g/mol. The molecule has 0 N–H and O–H groups in total. The third kappa shape index (κ3) is 2.90. The molecule has 2 aliphatic rings. The molecule has 1 aromatic rings. The Balaban J connectivity index is 1.74. The summed E-state index contributed by atoms with van der Waals surface area (Å²) < 4.78 is 12.0. The van der Waals surface area contributed by atoms with Gasteiger partial charge in [0.1, 0.15) is 17.9 Å². The highest BCUT2D eigenvalue weighted by molar-refractivity contribution is 7.99. The van der Waals surface area contributed by atoms with Gasteiger partial charge in [0.05, 0.1) is 17.8 Å². The van der Waals surface area contributed by atoms with Crippen LogP contribution < -0.4 is 4.74 Å². The van der Waals surface area contributed by atoms with E-state index in [9.17, 15) is 0 Å². The van der Waals surface area contributed by atoms with Crippen LogP contribution in [0.3, 0.4) is 0 Å². The maximum absolute atomic E-state index is 9.14. The molecule has 5 heteroatoms. The normalized spacial score (nSPS) is 29.3. The predicted octanol–water partition coefficient (Wildman–Crippen LogP) is 3.65. The molecule has 0 aliphatic carbocycles. The van der Waals surface area contributed by atoms with E-state index in [1.54, 1.807) is 18.2 Å². The van der Waals surface area contributed by atoms with Gasteiger partial charge in [0.2, 0.25) is 0 Å². The lowest BCUT2D eigenvalue weighted by Crippen LogP contribution is -2.43. The Bertz CT molecular complexity index is 537. The van der Waals surface area contributed by atoms with Gasteiger partial charge in [0.25, 0.3) is 0 Å². The zero-order valence-corrected chi connectivity index (χ0v) is 12.7. The van der Waals surface area contributed by atoms with Crippen LogP contribution in [-0.2, 0) is 4.74 Å². The highest BCUT2D eigenvalue weighted by atomic mass is 35.5. The number of benzene rings is 1. The van der Waals surface area contributed by atoms with Crippen molar-refractivity contribution in [2.75, 3.05) is 18.1 Å². The second-order valence-corrected chi connectivity index (χ2v) is 6.86. The first kappa shape index (κ1) is 14.1. The molecule has 0 saturated carbocycles. The average Bonchev–Trinajstić information content (AvgIpc) is 2.87. The number of rotatable bonds is 2. The van der Waals surface area contributed by atoms with Gasteiger partial charge in [-0.25, -0.2) is 0 Å². The van der Waals surface area contributed by atoms with E-state index < -0.39 is 0 Å². The van der Waals surface area contributed by atoms with Crippen LogP contribution in [-0.4, -0.2) is 29.8 Å². The zero-order valence-electron chi connectivity index (χ0n) is 11.1. The maximum Gasteiger partial charge on any atom is 0.138 e. The molecule has 0 amide bonds. The SMILES string of the molecule is N#Cc1ccc(Cl)cc1OC1CCOC2(CCSC2)C1. The first-order valence-corrected chi connectivity index (χ1v) is 8.32. The smallest absolute Gasteiger partial charge is 0.138 e. The summed E-state index contributed by atoms with van der Waals surface area (Å²) in [6, 6.07) is 7.30. The highest BCUT2D eigenvalue weighted by Gasteiger charge is 2.41. The van der Waals surface area contributed by atoms with Crippen molar-refractivity contribution >= 4 is 23.4 Å². The second kappa shape index (κ2) is 5.85. The summed E-state index contributed by atoms with van der Waals surface area (Å²) in [5.74, 6) is 2.80. The van der Waals surface area contributed by atoms with Crippen molar-refractivity contribution in [1.82, 2.24) is 0 Å². The lowest BCUT2D eigenvalue weighted by atomic mass is 9.91. The Labute approximate surface area is 128 Å². The molecule has 2 unspecified atom stereocenters. The molecule has 1 aromatic carbocycles.